The molecule has 2 N–H and O–H groups in total. The van der Waals surface area contributed by atoms with Gasteiger partial charge in [0.05, 0.1) is 16.5 Å². The van der Waals surface area contributed by atoms with Crippen molar-refractivity contribution in [3.63, 3.8) is 0 Å². The molecule has 1 saturated heterocycles. The number of nitriles is 1. The molecule has 21 heavy (non-hydrogen) atoms. The Kier molecular flexibility index (Phi) is 5.31. The third-order valence-corrected chi connectivity index (χ3v) is 5.02. The number of hydrogen-bond acceptors (Lipinski definition) is 5. The maximum atomic E-state index is 12.2. The number of piperazine rings is 1. The second kappa shape index (κ2) is 7.00. The molecular formula is C14H20N4O2S. The number of rotatable bonds is 5. The molecule has 1 aromatic rings. The number of hydrogen-bond donors (Lipinski definition) is 2. The van der Waals surface area contributed by atoms with E-state index in [4.69, 9.17) is 5.26 Å². The monoisotopic (exact) mass is 308 g/mol. The van der Waals surface area contributed by atoms with Crippen molar-refractivity contribution >= 4 is 10.0 Å². The number of sulfonamides is 1. The van der Waals surface area contributed by atoms with Crippen LogP contribution in [0.2, 0.25) is 0 Å². The summed E-state index contributed by atoms with van der Waals surface area (Å²) in [5.41, 5.74) is 1.16. The van der Waals surface area contributed by atoms with Crippen molar-refractivity contribution in [2.75, 3.05) is 39.3 Å². The maximum absolute atomic E-state index is 12.2. The van der Waals surface area contributed by atoms with Crippen LogP contribution >= 0.6 is 0 Å². The summed E-state index contributed by atoms with van der Waals surface area (Å²) in [5.74, 6) is 0. The van der Waals surface area contributed by atoms with Gasteiger partial charge in [0.25, 0.3) is 0 Å². The van der Waals surface area contributed by atoms with Gasteiger partial charge in [-0.3, -0.25) is 4.90 Å². The van der Waals surface area contributed by atoms with Gasteiger partial charge in [0.2, 0.25) is 10.0 Å². The van der Waals surface area contributed by atoms with Crippen LogP contribution in [0.5, 0.6) is 0 Å². The Balaban J connectivity index is 1.95. The van der Waals surface area contributed by atoms with E-state index >= 15 is 0 Å². The van der Waals surface area contributed by atoms with Gasteiger partial charge >= 0.3 is 0 Å². The molecule has 0 bridgehead atoms. The summed E-state index contributed by atoms with van der Waals surface area (Å²) < 4.78 is 27.0. The molecule has 1 fully saturated rings. The second-order valence-corrected chi connectivity index (χ2v) is 6.84. The van der Waals surface area contributed by atoms with E-state index in [0.29, 0.717) is 24.2 Å². The van der Waals surface area contributed by atoms with Gasteiger partial charge in [-0.1, -0.05) is 0 Å². The Morgan fingerprint density at radius 1 is 1.38 bits per heavy atom. The molecule has 0 amide bonds. The zero-order valence-electron chi connectivity index (χ0n) is 12.1. The Labute approximate surface area is 125 Å². The summed E-state index contributed by atoms with van der Waals surface area (Å²) >= 11 is 0. The van der Waals surface area contributed by atoms with E-state index < -0.39 is 10.0 Å². The molecule has 0 unspecified atom stereocenters. The van der Waals surface area contributed by atoms with E-state index in [9.17, 15) is 8.42 Å². The van der Waals surface area contributed by atoms with Gasteiger partial charge in [0.15, 0.2) is 0 Å². The van der Waals surface area contributed by atoms with E-state index in [1.165, 1.54) is 12.1 Å². The highest BCUT2D eigenvalue weighted by atomic mass is 32.2. The summed E-state index contributed by atoms with van der Waals surface area (Å²) in [6, 6.07) is 6.58. The lowest BCUT2D eigenvalue weighted by Crippen LogP contribution is -2.46. The second-order valence-electron chi connectivity index (χ2n) is 5.08. The topological polar surface area (TPSA) is 85.2 Å². The molecule has 1 aliphatic heterocycles. The SMILES string of the molecule is Cc1cc(S(=O)(=O)NCCN2CCNCC2)ccc1C#N. The van der Waals surface area contributed by atoms with Gasteiger partial charge in [0, 0.05) is 39.3 Å². The quantitative estimate of drug-likeness (QED) is 0.803. The van der Waals surface area contributed by atoms with Crippen molar-refractivity contribution in [1.82, 2.24) is 14.9 Å². The molecule has 0 radical (unpaired) electrons. The average molecular weight is 308 g/mol. The van der Waals surface area contributed by atoms with Crippen molar-refractivity contribution in [3.05, 3.63) is 29.3 Å². The van der Waals surface area contributed by atoms with Crippen molar-refractivity contribution in [3.8, 4) is 6.07 Å². The average Bonchev–Trinajstić information content (AvgIpc) is 2.48. The predicted molar refractivity (Wildman–Crippen MR) is 80.4 cm³/mol. The van der Waals surface area contributed by atoms with E-state index in [1.807, 2.05) is 6.07 Å². The third kappa shape index (κ3) is 4.25. The first-order valence-electron chi connectivity index (χ1n) is 6.96. The van der Waals surface area contributed by atoms with Crippen LogP contribution in [0.25, 0.3) is 0 Å². The lowest BCUT2D eigenvalue weighted by molar-refractivity contribution is 0.245. The van der Waals surface area contributed by atoms with Gasteiger partial charge in [-0.05, 0) is 30.7 Å². The number of benzene rings is 1. The highest BCUT2D eigenvalue weighted by Gasteiger charge is 2.16. The molecule has 1 aromatic carbocycles. The summed E-state index contributed by atoms with van der Waals surface area (Å²) in [5, 5.41) is 12.1. The Bertz CT molecular complexity index is 631. The highest BCUT2D eigenvalue weighted by molar-refractivity contribution is 7.89. The summed E-state index contributed by atoms with van der Waals surface area (Å²) in [6.07, 6.45) is 0. The van der Waals surface area contributed by atoms with Crippen molar-refractivity contribution in [2.24, 2.45) is 0 Å². The van der Waals surface area contributed by atoms with Crippen LogP contribution in [0, 0.1) is 18.3 Å². The highest BCUT2D eigenvalue weighted by Crippen LogP contribution is 2.14. The summed E-state index contributed by atoms with van der Waals surface area (Å²) in [6.45, 7) is 6.61. The first-order chi connectivity index (χ1) is 10.0. The van der Waals surface area contributed by atoms with Crippen molar-refractivity contribution in [1.29, 1.82) is 5.26 Å². The first kappa shape index (κ1) is 15.9. The van der Waals surface area contributed by atoms with Gasteiger partial charge in [-0.15, -0.1) is 0 Å². The Hall–Kier alpha value is -1.46. The van der Waals surface area contributed by atoms with Gasteiger partial charge in [0.1, 0.15) is 0 Å². The van der Waals surface area contributed by atoms with E-state index in [1.54, 1.807) is 13.0 Å². The zero-order chi connectivity index (χ0) is 15.3. The Morgan fingerprint density at radius 3 is 2.71 bits per heavy atom. The normalized spacial score (nSPS) is 16.6. The molecule has 1 heterocycles. The third-order valence-electron chi connectivity index (χ3n) is 3.56. The molecule has 0 aromatic heterocycles. The lowest BCUT2D eigenvalue weighted by Gasteiger charge is -2.27. The minimum absolute atomic E-state index is 0.208. The molecular weight excluding hydrogens is 288 g/mol. The molecule has 0 atom stereocenters. The summed E-state index contributed by atoms with van der Waals surface area (Å²) in [7, 11) is -3.51. The van der Waals surface area contributed by atoms with Crippen LogP contribution in [-0.2, 0) is 10.0 Å². The number of aryl methyl sites for hydroxylation is 1. The van der Waals surface area contributed by atoms with E-state index in [2.05, 4.69) is 14.9 Å². The number of nitrogens with zero attached hydrogens (tertiary/aromatic N) is 2. The first-order valence-corrected chi connectivity index (χ1v) is 8.45. The fraction of sp³-hybridized carbons (Fsp3) is 0.500. The molecule has 1 aliphatic rings. The summed E-state index contributed by atoms with van der Waals surface area (Å²) in [4.78, 5) is 2.43. The smallest absolute Gasteiger partial charge is 0.240 e. The molecule has 2 rings (SSSR count). The fourth-order valence-electron chi connectivity index (χ4n) is 2.28. The fourth-order valence-corrected chi connectivity index (χ4v) is 3.39. The Morgan fingerprint density at radius 2 is 2.10 bits per heavy atom. The van der Waals surface area contributed by atoms with E-state index in [-0.39, 0.29) is 4.90 Å². The van der Waals surface area contributed by atoms with Gasteiger partial charge < -0.3 is 5.32 Å². The van der Waals surface area contributed by atoms with Gasteiger partial charge in [-0.25, -0.2) is 13.1 Å². The molecule has 6 nitrogen and oxygen atoms in total. The molecule has 7 heteroatoms. The molecule has 0 spiro atoms. The van der Waals surface area contributed by atoms with Crippen LogP contribution in [0.15, 0.2) is 23.1 Å². The van der Waals surface area contributed by atoms with Crippen LogP contribution in [-0.4, -0.2) is 52.6 Å². The number of nitrogens with one attached hydrogen (secondary N) is 2. The maximum Gasteiger partial charge on any atom is 0.240 e. The van der Waals surface area contributed by atoms with Gasteiger partial charge in [-0.2, -0.15) is 5.26 Å². The minimum atomic E-state index is -3.51. The van der Waals surface area contributed by atoms with Crippen molar-refractivity contribution < 1.29 is 8.42 Å². The molecule has 0 aliphatic carbocycles. The van der Waals surface area contributed by atoms with Crippen LogP contribution in [0.3, 0.4) is 0 Å². The lowest BCUT2D eigenvalue weighted by atomic mass is 10.1. The standard InChI is InChI=1S/C14H20N4O2S/c1-12-10-14(3-2-13(12)11-15)21(19,20)17-6-9-18-7-4-16-5-8-18/h2-3,10,16-17H,4-9H2,1H3. The minimum Gasteiger partial charge on any atom is -0.314 e. The predicted octanol–water partition coefficient (Wildman–Crippen LogP) is 0.0502. The molecule has 0 saturated carbocycles. The van der Waals surface area contributed by atoms with Crippen molar-refractivity contribution in [2.45, 2.75) is 11.8 Å². The van der Waals surface area contributed by atoms with Crippen LogP contribution in [0.4, 0.5) is 0 Å². The largest absolute Gasteiger partial charge is 0.314 e. The molecule has 114 valence electrons. The zero-order valence-corrected chi connectivity index (χ0v) is 12.9. The van der Waals surface area contributed by atoms with Crippen LogP contribution in [0.1, 0.15) is 11.1 Å². The van der Waals surface area contributed by atoms with Crippen LogP contribution < -0.4 is 10.0 Å². The van der Waals surface area contributed by atoms with E-state index in [0.717, 1.165) is 26.2 Å².